The summed E-state index contributed by atoms with van der Waals surface area (Å²) in [5.74, 6) is 0.250. The first kappa shape index (κ1) is 27.7. The Morgan fingerprint density at radius 2 is 1.64 bits per heavy atom. The van der Waals surface area contributed by atoms with E-state index in [2.05, 4.69) is 83.8 Å². The van der Waals surface area contributed by atoms with E-state index in [4.69, 9.17) is 19.3 Å². The summed E-state index contributed by atoms with van der Waals surface area (Å²) in [6, 6.07) is 32.9. The van der Waals surface area contributed by atoms with Crippen LogP contribution in [0.25, 0.3) is 75.2 Å². The van der Waals surface area contributed by atoms with Crippen molar-refractivity contribution in [1.29, 1.82) is 0 Å². The second-order valence-electron chi connectivity index (χ2n) is 9.99. The Morgan fingerprint density at radius 1 is 0.905 bits per heavy atom. The number of aromatic nitrogens is 2. The Balaban J connectivity index is 0.000000356. The summed E-state index contributed by atoms with van der Waals surface area (Å²) in [5.41, 5.74) is 4.37. The number of benzene rings is 4. The second kappa shape index (κ2) is 11.1. The fraction of sp³-hybridized carbons (Fsp3) is 0.0571. The summed E-state index contributed by atoms with van der Waals surface area (Å²) < 4.78 is 7.71. The molecule has 0 saturated heterocycles. The first-order valence-electron chi connectivity index (χ1n) is 13.2. The first-order chi connectivity index (χ1) is 20.0. The van der Waals surface area contributed by atoms with Gasteiger partial charge in [-0.2, -0.15) is 11.3 Å². The van der Waals surface area contributed by atoms with Crippen LogP contribution in [0.4, 0.5) is 0 Å². The van der Waals surface area contributed by atoms with Crippen LogP contribution in [-0.4, -0.2) is 25.7 Å². The molecule has 0 unspecified atom stereocenters. The van der Waals surface area contributed by atoms with Gasteiger partial charge in [0.25, 0.3) is 0 Å². The first-order valence-corrected chi connectivity index (χ1v) is 14.0. The van der Waals surface area contributed by atoms with Crippen molar-refractivity contribution in [3.8, 4) is 11.3 Å². The van der Waals surface area contributed by atoms with Crippen molar-refractivity contribution in [3.05, 3.63) is 109 Å². The van der Waals surface area contributed by atoms with Crippen LogP contribution in [0.15, 0.2) is 107 Å². The molecule has 0 aliphatic carbocycles. The van der Waals surface area contributed by atoms with Gasteiger partial charge >= 0.3 is 5.78 Å². The number of hydrogen-bond donors (Lipinski definition) is 1. The van der Waals surface area contributed by atoms with Gasteiger partial charge in [0, 0.05) is 48.2 Å². The molecule has 0 saturated carbocycles. The smallest absolute Gasteiger partial charge is 0.316 e. The average molecular weight is 745 g/mol. The predicted molar refractivity (Wildman–Crippen MR) is 170 cm³/mol. The molecule has 0 atom stereocenters. The van der Waals surface area contributed by atoms with Crippen molar-refractivity contribution in [3.63, 3.8) is 0 Å². The number of hydrogen-bond acceptors (Lipinski definition) is 5. The maximum atomic E-state index is 8.40. The molecule has 8 aromatic rings. The van der Waals surface area contributed by atoms with Gasteiger partial charge in [-0.25, -0.2) is 4.98 Å². The molecule has 5 nitrogen and oxygen atoms in total. The van der Waals surface area contributed by atoms with Crippen LogP contribution in [0.1, 0.15) is 13.8 Å². The second-order valence-corrected chi connectivity index (χ2v) is 11.0. The molecule has 0 bridgehead atoms. The standard InChI is InChI=1S/C30H15N2OS.C5H8O2.Ir/c1-2-7-18-16-25-23(14-17(18)6-1)27-21-8-3-4-10-24(21)32-28(29(27)33-25)19-11-12-26-22(15-19)20-9-5-13-31-30(20)34-26;1-4(6)3-5(2)7;/h1-10,12-16H;3,6H,1-2H3;/q-1;;/p+1/b;4-3-;. The molecule has 4 aromatic carbocycles. The van der Waals surface area contributed by atoms with E-state index in [0.717, 1.165) is 59.7 Å². The van der Waals surface area contributed by atoms with Gasteiger partial charge in [0.2, 0.25) is 0 Å². The minimum absolute atomic E-state index is 0. The number of ketones is 1. The van der Waals surface area contributed by atoms with E-state index in [9.17, 15) is 0 Å². The van der Waals surface area contributed by atoms with Crippen LogP contribution in [0, 0.1) is 6.07 Å². The van der Waals surface area contributed by atoms with Crippen LogP contribution >= 0.6 is 11.3 Å². The Kier molecular flexibility index (Phi) is 7.33. The normalized spacial score (nSPS) is 11.7. The third-order valence-electron chi connectivity index (χ3n) is 7.03. The van der Waals surface area contributed by atoms with Crippen LogP contribution in [0.2, 0.25) is 0 Å². The van der Waals surface area contributed by atoms with Gasteiger partial charge in [0.15, 0.2) is 0 Å². The molecule has 42 heavy (non-hydrogen) atoms. The Morgan fingerprint density at radius 3 is 2.40 bits per heavy atom. The van der Waals surface area contributed by atoms with Crippen LogP contribution in [0.5, 0.6) is 0 Å². The number of rotatable bonds is 2. The molecule has 0 fully saturated rings. The summed E-state index contributed by atoms with van der Waals surface area (Å²) in [6.45, 7) is 3.00. The average Bonchev–Trinajstić information content (AvgIpc) is 3.53. The number of nitrogens with zero attached hydrogens (tertiary/aromatic N) is 2. The van der Waals surface area contributed by atoms with E-state index in [-0.39, 0.29) is 31.6 Å². The summed E-state index contributed by atoms with van der Waals surface area (Å²) in [5, 5.41) is 16.4. The molecule has 7 heteroatoms. The molecule has 0 aliphatic rings. The Labute approximate surface area is 258 Å². The monoisotopic (exact) mass is 745 g/mol. The number of carbonyl (C=O) groups excluding carboxylic acids is 1. The van der Waals surface area contributed by atoms with Gasteiger partial charge in [-0.1, -0.05) is 53.9 Å². The van der Waals surface area contributed by atoms with E-state index < -0.39 is 0 Å². The van der Waals surface area contributed by atoms with E-state index in [1.165, 1.54) is 35.4 Å². The number of fused-ring (bicyclic) bond motifs is 9. The number of furan rings is 1. The maximum Gasteiger partial charge on any atom is 0.316 e. The van der Waals surface area contributed by atoms with Gasteiger partial charge in [-0.3, -0.25) is 9.78 Å². The zero-order chi connectivity index (χ0) is 28.1. The van der Waals surface area contributed by atoms with Crippen molar-refractivity contribution in [2.45, 2.75) is 13.8 Å². The molecule has 4 heterocycles. The number of allylic oxidation sites excluding steroid dienone is 2. The SMILES string of the molecule is CC(=[OH+])/C=C(/C)O.[Ir].[c-]1cc2sc3ncccc3c2cc1-c1nc2ccccc2c2c1oc1cc3ccccc3cc12. The van der Waals surface area contributed by atoms with Crippen LogP contribution in [-0.2, 0) is 20.1 Å². The molecule has 1 radical (unpaired) electrons. The Hall–Kier alpha value is -4.42. The van der Waals surface area contributed by atoms with Crippen molar-refractivity contribution in [2.24, 2.45) is 0 Å². The molecule has 0 amide bonds. The summed E-state index contributed by atoms with van der Waals surface area (Å²) in [7, 11) is 0. The van der Waals surface area contributed by atoms with Crippen molar-refractivity contribution in [2.75, 3.05) is 0 Å². The van der Waals surface area contributed by atoms with Crippen LogP contribution < -0.4 is 0 Å². The number of thiophene rings is 1. The summed E-state index contributed by atoms with van der Waals surface area (Å²) in [4.78, 5) is 19.1. The molecule has 0 spiro atoms. The molecule has 4 aromatic heterocycles. The molecular formula is C35H24IrN2O3S. The number of pyridine rings is 2. The number of aliphatic hydroxyl groups is 1. The quantitative estimate of drug-likeness (QED) is 0.0828. The van der Waals surface area contributed by atoms with E-state index in [1.54, 1.807) is 11.3 Å². The summed E-state index contributed by atoms with van der Waals surface area (Å²) in [6.07, 6.45) is 3.12. The molecule has 0 aliphatic heterocycles. The van der Waals surface area contributed by atoms with E-state index >= 15 is 0 Å². The number of aliphatic hydroxyl groups excluding tert-OH is 1. The Bertz CT molecular complexity index is 2330. The molecule has 2 N–H and O–H groups in total. The van der Waals surface area contributed by atoms with Crippen molar-refractivity contribution >= 4 is 81.0 Å². The molecule has 207 valence electrons. The largest absolute Gasteiger partial charge is 0.512 e. The molecule has 8 rings (SSSR count). The minimum atomic E-state index is 0. The minimum Gasteiger partial charge on any atom is -0.512 e. The van der Waals surface area contributed by atoms with Gasteiger partial charge in [0.05, 0.1) is 24.3 Å². The van der Waals surface area contributed by atoms with Crippen molar-refractivity contribution < 1.29 is 34.4 Å². The van der Waals surface area contributed by atoms with Gasteiger partial charge in [-0.05, 0) is 52.0 Å². The topological polar surface area (TPSA) is 80.5 Å². The molecular weight excluding hydrogens is 721 g/mol. The fourth-order valence-electron chi connectivity index (χ4n) is 5.35. The summed E-state index contributed by atoms with van der Waals surface area (Å²) >= 11 is 1.69. The maximum absolute atomic E-state index is 8.40. The van der Waals surface area contributed by atoms with Crippen LogP contribution in [0.3, 0.4) is 0 Å². The third-order valence-corrected chi connectivity index (χ3v) is 8.11. The van der Waals surface area contributed by atoms with Gasteiger partial charge in [0.1, 0.15) is 16.0 Å². The fourth-order valence-corrected chi connectivity index (χ4v) is 6.35. The predicted octanol–water partition coefficient (Wildman–Crippen LogP) is 9.53. The van der Waals surface area contributed by atoms with Gasteiger partial charge < -0.3 is 9.52 Å². The van der Waals surface area contributed by atoms with E-state index in [0.29, 0.717) is 0 Å². The van der Waals surface area contributed by atoms with E-state index in [1.807, 2.05) is 18.3 Å². The zero-order valence-corrected chi connectivity index (χ0v) is 25.9. The van der Waals surface area contributed by atoms with Crippen molar-refractivity contribution in [1.82, 2.24) is 9.97 Å². The van der Waals surface area contributed by atoms with Gasteiger partial charge in [-0.15, -0.1) is 23.8 Å². The number of para-hydroxylation sites is 1. The zero-order valence-electron chi connectivity index (χ0n) is 22.7. The third kappa shape index (κ3) is 4.86.